The summed E-state index contributed by atoms with van der Waals surface area (Å²) in [6.45, 7) is 1.92. The van der Waals surface area contributed by atoms with Gasteiger partial charge in [-0.05, 0) is 54.1 Å². The number of rotatable bonds is 5. The normalized spacial score (nSPS) is 16.5. The first-order chi connectivity index (χ1) is 18.0. The number of anilines is 2. The molecular weight excluding hydrogens is 502 g/mol. The molecule has 1 aliphatic heterocycles. The number of carbonyl (C=O) groups excluding carboxylic acids is 2. The number of thioether (sulfide) groups is 1. The summed E-state index contributed by atoms with van der Waals surface area (Å²) in [4.78, 5) is 28.6. The predicted octanol–water partition coefficient (Wildman–Crippen LogP) is 6.87. The molecule has 2 amide bonds. The van der Waals surface area contributed by atoms with Gasteiger partial charge >= 0.3 is 0 Å². The molecule has 0 unspecified atom stereocenters. The number of benzene rings is 4. The first kappa shape index (κ1) is 24.6. The van der Waals surface area contributed by atoms with Crippen molar-refractivity contribution in [1.29, 1.82) is 5.26 Å². The van der Waals surface area contributed by atoms with Gasteiger partial charge in [-0.1, -0.05) is 90.1 Å². The van der Waals surface area contributed by atoms with Crippen molar-refractivity contribution < 1.29 is 9.59 Å². The number of hydrogen-bond donors (Lipinski definition) is 1. The molecule has 5 rings (SSSR count). The highest BCUT2D eigenvalue weighted by Gasteiger charge is 2.40. The average Bonchev–Trinajstić information content (AvgIpc) is 3.22. The van der Waals surface area contributed by atoms with Gasteiger partial charge in [0.05, 0.1) is 5.25 Å². The number of para-hydroxylation sites is 1. The Morgan fingerprint density at radius 3 is 2.51 bits per heavy atom. The largest absolute Gasteiger partial charge is 0.321 e. The Labute approximate surface area is 224 Å². The molecule has 7 heteroatoms. The van der Waals surface area contributed by atoms with Crippen LogP contribution in [0.3, 0.4) is 0 Å². The van der Waals surface area contributed by atoms with Crippen molar-refractivity contribution >= 4 is 57.3 Å². The summed E-state index contributed by atoms with van der Waals surface area (Å²) in [5, 5.41) is 15.3. The number of halogens is 1. The minimum absolute atomic E-state index is 0.112. The summed E-state index contributed by atoms with van der Waals surface area (Å²) in [5.74, 6) is -0.747. The second-order valence-electron chi connectivity index (χ2n) is 8.68. The maximum atomic E-state index is 13.6. The molecule has 0 aliphatic carbocycles. The van der Waals surface area contributed by atoms with Crippen LogP contribution < -0.4 is 10.2 Å². The van der Waals surface area contributed by atoms with Gasteiger partial charge in [0, 0.05) is 21.8 Å². The molecule has 1 atom stereocenters. The van der Waals surface area contributed by atoms with Crippen molar-refractivity contribution in [1.82, 2.24) is 0 Å². The molecule has 1 N–H and O–H groups in total. The Kier molecular flexibility index (Phi) is 7.00. The van der Waals surface area contributed by atoms with Gasteiger partial charge in [-0.25, -0.2) is 0 Å². The first-order valence-corrected chi connectivity index (χ1v) is 13.0. The van der Waals surface area contributed by atoms with E-state index in [-0.39, 0.29) is 11.5 Å². The van der Waals surface area contributed by atoms with Crippen molar-refractivity contribution in [2.75, 3.05) is 10.2 Å². The summed E-state index contributed by atoms with van der Waals surface area (Å²) in [6, 6.07) is 30.2. The minimum Gasteiger partial charge on any atom is -0.321 e. The van der Waals surface area contributed by atoms with E-state index in [2.05, 4.69) is 11.4 Å². The van der Waals surface area contributed by atoms with Crippen LogP contribution in [0.4, 0.5) is 11.4 Å². The summed E-state index contributed by atoms with van der Waals surface area (Å²) in [7, 11) is 0. The van der Waals surface area contributed by atoms with Crippen molar-refractivity contribution in [3.8, 4) is 6.07 Å². The fourth-order valence-electron chi connectivity index (χ4n) is 4.30. The predicted molar refractivity (Wildman–Crippen MR) is 150 cm³/mol. The number of nitriles is 1. The zero-order valence-corrected chi connectivity index (χ0v) is 21.5. The highest BCUT2D eigenvalue weighted by molar-refractivity contribution is 8.05. The fraction of sp³-hybridized carbons (Fsp3) is 0.100. The van der Waals surface area contributed by atoms with Crippen molar-refractivity contribution in [2.45, 2.75) is 18.6 Å². The van der Waals surface area contributed by atoms with E-state index in [0.29, 0.717) is 27.8 Å². The van der Waals surface area contributed by atoms with Gasteiger partial charge in [0.25, 0.3) is 5.91 Å². The zero-order chi connectivity index (χ0) is 25.9. The zero-order valence-electron chi connectivity index (χ0n) is 19.9. The van der Waals surface area contributed by atoms with Crippen molar-refractivity contribution in [3.63, 3.8) is 0 Å². The van der Waals surface area contributed by atoms with E-state index in [4.69, 9.17) is 11.6 Å². The van der Waals surface area contributed by atoms with Gasteiger partial charge < -0.3 is 5.32 Å². The van der Waals surface area contributed by atoms with Crippen LogP contribution >= 0.6 is 23.4 Å². The molecule has 0 radical (unpaired) electrons. The number of nitrogens with one attached hydrogen (secondary N) is 1. The molecule has 5 nitrogen and oxygen atoms in total. The molecular formula is C30H22ClN3O2S. The van der Waals surface area contributed by atoms with Crippen LogP contribution in [-0.4, -0.2) is 17.1 Å². The van der Waals surface area contributed by atoms with Crippen LogP contribution in [0.2, 0.25) is 5.02 Å². The second kappa shape index (κ2) is 10.5. The van der Waals surface area contributed by atoms with Gasteiger partial charge in [-0.2, -0.15) is 5.26 Å². The molecule has 0 aromatic heterocycles. The molecule has 1 saturated heterocycles. The third-order valence-electron chi connectivity index (χ3n) is 6.22. The van der Waals surface area contributed by atoms with Crippen molar-refractivity contribution in [2.24, 2.45) is 0 Å². The van der Waals surface area contributed by atoms with E-state index in [1.165, 1.54) is 16.7 Å². The topological polar surface area (TPSA) is 73.2 Å². The molecule has 4 aromatic carbocycles. The molecule has 1 heterocycles. The van der Waals surface area contributed by atoms with Gasteiger partial charge in [-0.3, -0.25) is 14.5 Å². The van der Waals surface area contributed by atoms with E-state index in [0.717, 1.165) is 21.9 Å². The molecule has 0 bridgehead atoms. The Hall–Kier alpha value is -4.05. The summed E-state index contributed by atoms with van der Waals surface area (Å²) in [6.07, 6.45) is 0.417. The van der Waals surface area contributed by atoms with E-state index in [9.17, 15) is 14.9 Å². The minimum atomic E-state index is -0.561. The SMILES string of the molecule is Cc1ccc(C[C@H]2S/C(=C(/C#N)C(=O)Nc3cccc4ccccc34)N(c3ccccc3)C2=O)cc1Cl. The lowest BCUT2D eigenvalue weighted by Crippen LogP contribution is -2.30. The lowest BCUT2D eigenvalue weighted by molar-refractivity contribution is -0.117. The molecule has 0 spiro atoms. The molecule has 0 saturated carbocycles. The van der Waals surface area contributed by atoms with Crippen molar-refractivity contribution in [3.05, 3.63) is 118 Å². The van der Waals surface area contributed by atoms with Gasteiger partial charge in [0.1, 0.15) is 16.7 Å². The molecule has 4 aromatic rings. The highest BCUT2D eigenvalue weighted by Crippen LogP contribution is 2.42. The Balaban J connectivity index is 1.53. The van der Waals surface area contributed by atoms with Crippen LogP contribution in [0.5, 0.6) is 0 Å². The maximum absolute atomic E-state index is 13.6. The monoisotopic (exact) mass is 523 g/mol. The van der Waals surface area contributed by atoms with E-state index in [1.54, 1.807) is 18.2 Å². The summed E-state index contributed by atoms with van der Waals surface area (Å²) in [5.41, 5.74) is 2.96. The number of carbonyl (C=O) groups is 2. The Morgan fingerprint density at radius 1 is 1.03 bits per heavy atom. The van der Waals surface area contributed by atoms with Crippen LogP contribution in [0.1, 0.15) is 11.1 Å². The van der Waals surface area contributed by atoms with Gasteiger partial charge in [0.2, 0.25) is 5.91 Å². The Morgan fingerprint density at radius 2 is 1.76 bits per heavy atom. The van der Waals surface area contributed by atoms with E-state index < -0.39 is 11.2 Å². The fourth-order valence-corrected chi connectivity index (χ4v) is 5.81. The van der Waals surface area contributed by atoms with Crippen LogP contribution in [0, 0.1) is 18.3 Å². The third kappa shape index (κ3) is 4.97. The third-order valence-corrected chi connectivity index (χ3v) is 7.89. The van der Waals surface area contributed by atoms with Crippen LogP contribution in [0.15, 0.2) is 102 Å². The highest BCUT2D eigenvalue weighted by atomic mass is 35.5. The number of hydrogen-bond acceptors (Lipinski definition) is 4. The number of fused-ring (bicyclic) bond motifs is 1. The number of amides is 2. The van der Waals surface area contributed by atoms with Crippen LogP contribution in [-0.2, 0) is 16.0 Å². The van der Waals surface area contributed by atoms with E-state index in [1.807, 2.05) is 79.7 Å². The van der Waals surface area contributed by atoms with E-state index >= 15 is 0 Å². The molecule has 1 aliphatic rings. The first-order valence-electron chi connectivity index (χ1n) is 11.7. The number of nitrogens with zero attached hydrogens (tertiary/aromatic N) is 2. The summed E-state index contributed by atoms with van der Waals surface area (Å²) >= 11 is 7.55. The van der Waals surface area contributed by atoms with Crippen LogP contribution in [0.25, 0.3) is 10.8 Å². The van der Waals surface area contributed by atoms with Gasteiger partial charge in [0.15, 0.2) is 0 Å². The lowest BCUT2D eigenvalue weighted by atomic mass is 10.1. The van der Waals surface area contributed by atoms with Gasteiger partial charge in [-0.15, -0.1) is 0 Å². The summed E-state index contributed by atoms with van der Waals surface area (Å²) < 4.78 is 0. The second-order valence-corrected chi connectivity index (χ2v) is 10.3. The average molecular weight is 524 g/mol. The Bertz CT molecular complexity index is 1590. The standard InChI is InChI=1S/C30H22ClN3O2S/c1-19-14-15-20(16-25(19)31)17-27-29(36)34(22-10-3-2-4-11-22)30(37-27)24(18-32)28(35)33-26-13-7-9-21-8-5-6-12-23(21)26/h2-16,27H,17H2,1H3,(H,33,35)/b30-24-/t27-/m1/s1. The maximum Gasteiger partial charge on any atom is 0.269 e. The number of aryl methyl sites for hydroxylation is 1. The lowest BCUT2D eigenvalue weighted by Gasteiger charge is -2.18. The quantitative estimate of drug-likeness (QED) is 0.229. The smallest absolute Gasteiger partial charge is 0.269 e. The molecule has 37 heavy (non-hydrogen) atoms. The molecule has 1 fully saturated rings. The molecule has 182 valence electrons.